The fourth-order valence-corrected chi connectivity index (χ4v) is 4.23. The number of carbonyl (C=O) groups excluding carboxylic acids is 1. The van der Waals surface area contributed by atoms with Crippen molar-refractivity contribution in [2.24, 2.45) is 5.92 Å². The maximum absolute atomic E-state index is 12.6. The topological polar surface area (TPSA) is 42.3 Å². The highest BCUT2D eigenvalue weighted by molar-refractivity contribution is 5.84. The molecule has 4 heterocycles. The summed E-state index contributed by atoms with van der Waals surface area (Å²) in [6.45, 7) is 2.12. The van der Waals surface area contributed by atoms with Crippen molar-refractivity contribution < 1.29 is 4.79 Å². The molecule has 3 atom stereocenters. The van der Waals surface area contributed by atoms with Crippen LogP contribution in [0.4, 0.5) is 0 Å². The highest BCUT2D eigenvalue weighted by atomic mass is 16.2. The van der Waals surface area contributed by atoms with Crippen molar-refractivity contribution >= 4 is 5.91 Å². The van der Waals surface area contributed by atoms with Crippen molar-refractivity contribution in [3.05, 3.63) is 34.2 Å². The van der Waals surface area contributed by atoms with E-state index in [1.807, 2.05) is 6.07 Å². The Labute approximate surface area is 112 Å². The average molecular weight is 258 g/mol. The summed E-state index contributed by atoms with van der Waals surface area (Å²) >= 11 is 0. The van der Waals surface area contributed by atoms with E-state index in [9.17, 15) is 9.59 Å². The first kappa shape index (κ1) is 11.4. The second kappa shape index (κ2) is 4.04. The van der Waals surface area contributed by atoms with Crippen LogP contribution in [-0.2, 0) is 0 Å². The molecule has 4 nitrogen and oxygen atoms in total. The highest BCUT2D eigenvalue weighted by Crippen LogP contribution is 2.41. The summed E-state index contributed by atoms with van der Waals surface area (Å²) in [5.41, 5.74) is 0.777. The van der Waals surface area contributed by atoms with Gasteiger partial charge in [0.05, 0.1) is 5.92 Å². The Hall–Kier alpha value is -1.42. The first-order valence-corrected chi connectivity index (χ1v) is 7.26. The van der Waals surface area contributed by atoms with E-state index in [-0.39, 0.29) is 17.4 Å². The molecule has 1 aromatic rings. The van der Waals surface area contributed by atoms with Crippen LogP contribution in [0.1, 0.15) is 42.1 Å². The minimum atomic E-state index is -0.151. The Kier molecular flexibility index (Phi) is 2.42. The van der Waals surface area contributed by atoms with Gasteiger partial charge in [-0.25, -0.2) is 0 Å². The van der Waals surface area contributed by atoms with E-state index >= 15 is 0 Å². The van der Waals surface area contributed by atoms with E-state index in [0.29, 0.717) is 12.0 Å². The summed E-state index contributed by atoms with van der Waals surface area (Å²) in [5, 5.41) is 0. The van der Waals surface area contributed by atoms with Gasteiger partial charge in [-0.2, -0.15) is 0 Å². The van der Waals surface area contributed by atoms with Crippen LogP contribution < -0.4 is 5.56 Å². The van der Waals surface area contributed by atoms with Gasteiger partial charge in [-0.3, -0.25) is 19.1 Å². The molecule has 100 valence electrons. The second-order valence-corrected chi connectivity index (χ2v) is 6.06. The minimum Gasteiger partial charge on any atom is -0.299 e. The fraction of sp³-hybridized carbons (Fsp3) is 0.600. The number of fused-ring (bicyclic) bond motifs is 6. The molecular weight excluding hydrogens is 240 g/mol. The number of hydrogen-bond acceptors (Lipinski definition) is 3. The molecule has 1 aromatic heterocycles. The van der Waals surface area contributed by atoms with Crippen LogP contribution in [-0.4, -0.2) is 34.5 Å². The normalized spacial score (nSPS) is 33.7. The molecule has 3 aliphatic heterocycles. The van der Waals surface area contributed by atoms with Gasteiger partial charge in [0.2, 0.25) is 5.91 Å². The van der Waals surface area contributed by atoms with Gasteiger partial charge in [-0.05, 0) is 31.9 Å². The first-order valence-electron chi connectivity index (χ1n) is 7.26. The predicted octanol–water partition coefficient (Wildman–Crippen LogP) is 1.46. The lowest BCUT2D eigenvalue weighted by Gasteiger charge is -2.49. The van der Waals surface area contributed by atoms with Gasteiger partial charge >= 0.3 is 0 Å². The second-order valence-electron chi connectivity index (χ2n) is 6.06. The number of nitrogens with zero attached hydrogens (tertiary/aromatic N) is 2. The molecule has 0 radical (unpaired) electrons. The van der Waals surface area contributed by atoms with Crippen molar-refractivity contribution in [1.29, 1.82) is 0 Å². The standard InChI is InChI=1S/C15H18N2O2/c18-14-6-3-5-12-10-8-11(15(19)17(12)14)13-4-1-2-7-16(13)9-10/h3,5-6,10-11,13H,1-2,4,7-9H2/t10-,11+,13+/m0/s1. The fourth-order valence-electron chi connectivity index (χ4n) is 4.23. The molecule has 2 fully saturated rings. The van der Waals surface area contributed by atoms with Crippen molar-refractivity contribution in [3.8, 4) is 0 Å². The summed E-state index contributed by atoms with van der Waals surface area (Å²) in [7, 11) is 0. The maximum atomic E-state index is 12.6. The minimum absolute atomic E-state index is 0.0339. The van der Waals surface area contributed by atoms with E-state index in [1.165, 1.54) is 23.5 Å². The number of piperidine rings is 2. The lowest BCUT2D eigenvalue weighted by atomic mass is 9.75. The lowest BCUT2D eigenvalue weighted by Crippen LogP contribution is -2.57. The van der Waals surface area contributed by atoms with Gasteiger partial charge in [-0.15, -0.1) is 0 Å². The smallest absolute Gasteiger partial charge is 0.257 e. The monoisotopic (exact) mass is 258 g/mol. The molecule has 3 aliphatic rings. The van der Waals surface area contributed by atoms with Crippen LogP contribution >= 0.6 is 0 Å². The molecule has 0 unspecified atom stereocenters. The van der Waals surface area contributed by atoms with Crippen molar-refractivity contribution in [2.45, 2.75) is 37.6 Å². The van der Waals surface area contributed by atoms with Crippen molar-refractivity contribution in [3.63, 3.8) is 0 Å². The quantitative estimate of drug-likeness (QED) is 0.707. The first-order chi connectivity index (χ1) is 9.25. The summed E-state index contributed by atoms with van der Waals surface area (Å²) in [4.78, 5) is 27.1. The Morgan fingerprint density at radius 3 is 2.95 bits per heavy atom. The molecule has 19 heavy (non-hydrogen) atoms. The largest absolute Gasteiger partial charge is 0.299 e. The lowest BCUT2D eigenvalue weighted by molar-refractivity contribution is 0.0244. The van der Waals surface area contributed by atoms with Gasteiger partial charge in [0.25, 0.3) is 5.56 Å². The molecule has 0 saturated carbocycles. The molecule has 0 aromatic carbocycles. The van der Waals surface area contributed by atoms with Gasteiger partial charge in [0.1, 0.15) is 0 Å². The third-order valence-corrected chi connectivity index (χ3v) is 5.06. The Morgan fingerprint density at radius 2 is 2.05 bits per heavy atom. The van der Waals surface area contributed by atoms with E-state index in [0.717, 1.165) is 31.6 Å². The third kappa shape index (κ3) is 1.56. The van der Waals surface area contributed by atoms with Crippen LogP contribution in [0.5, 0.6) is 0 Å². The zero-order chi connectivity index (χ0) is 13.0. The number of rotatable bonds is 0. The summed E-state index contributed by atoms with van der Waals surface area (Å²) in [6, 6.07) is 5.60. The molecule has 0 aliphatic carbocycles. The number of aromatic nitrogens is 1. The molecule has 4 heteroatoms. The molecule has 0 N–H and O–H groups in total. The SMILES string of the molecule is O=C1[C@@H]2C[C@@H](CN3CCCC[C@H]23)c2cccc(=O)n21. The summed E-state index contributed by atoms with van der Waals surface area (Å²) in [6.07, 6.45) is 4.50. The molecule has 0 amide bonds. The van der Waals surface area contributed by atoms with Gasteiger partial charge in [-0.1, -0.05) is 12.5 Å². The van der Waals surface area contributed by atoms with Crippen LogP contribution in [0.3, 0.4) is 0 Å². The summed E-state index contributed by atoms with van der Waals surface area (Å²) < 4.78 is 1.45. The van der Waals surface area contributed by atoms with E-state index in [1.54, 1.807) is 6.07 Å². The van der Waals surface area contributed by atoms with E-state index in [2.05, 4.69) is 4.90 Å². The number of carbonyl (C=O) groups is 1. The third-order valence-electron chi connectivity index (χ3n) is 5.06. The van der Waals surface area contributed by atoms with Crippen LogP contribution in [0.25, 0.3) is 0 Å². The van der Waals surface area contributed by atoms with Crippen molar-refractivity contribution in [2.75, 3.05) is 13.1 Å². The molecular formula is C15H18N2O2. The van der Waals surface area contributed by atoms with Gasteiger partial charge in [0.15, 0.2) is 0 Å². The predicted molar refractivity (Wildman–Crippen MR) is 71.4 cm³/mol. The van der Waals surface area contributed by atoms with Crippen molar-refractivity contribution in [1.82, 2.24) is 9.47 Å². The van der Waals surface area contributed by atoms with E-state index < -0.39 is 0 Å². The zero-order valence-electron chi connectivity index (χ0n) is 10.9. The Balaban J connectivity index is 1.84. The average Bonchev–Trinajstić information content (AvgIpc) is 2.44. The van der Waals surface area contributed by atoms with Gasteiger partial charge < -0.3 is 0 Å². The van der Waals surface area contributed by atoms with E-state index in [4.69, 9.17) is 0 Å². The molecule has 0 spiro atoms. The van der Waals surface area contributed by atoms with Gasteiger partial charge in [0, 0.05) is 30.3 Å². The maximum Gasteiger partial charge on any atom is 0.257 e. The van der Waals surface area contributed by atoms with Crippen LogP contribution in [0, 0.1) is 5.92 Å². The Bertz CT molecular complexity index is 592. The molecule has 4 rings (SSSR count). The highest BCUT2D eigenvalue weighted by Gasteiger charge is 2.46. The van der Waals surface area contributed by atoms with Crippen LogP contribution in [0.2, 0.25) is 0 Å². The number of hydrogen-bond donors (Lipinski definition) is 0. The Morgan fingerprint density at radius 1 is 1.16 bits per heavy atom. The molecule has 2 bridgehead atoms. The zero-order valence-corrected chi connectivity index (χ0v) is 10.9. The molecule has 2 saturated heterocycles. The van der Waals surface area contributed by atoms with Crippen LogP contribution in [0.15, 0.2) is 23.0 Å². The number of pyridine rings is 1. The summed E-state index contributed by atoms with van der Waals surface area (Å²) in [5.74, 6) is 0.422.